The Hall–Kier alpha value is 2.10. The maximum Gasteiger partial charge on any atom is 4.00 e. The molecule has 0 unspecified atom stereocenters. The summed E-state index contributed by atoms with van der Waals surface area (Å²) >= 11 is 0. The van der Waals surface area contributed by atoms with Crippen LogP contribution in [0.15, 0.2) is 0 Å². The molecule has 6 heavy (non-hydrogen) atoms. The van der Waals surface area contributed by atoms with Gasteiger partial charge in [0, 0.05) is 0 Å². The van der Waals surface area contributed by atoms with Crippen LogP contribution < -0.4 is 0 Å². The van der Waals surface area contributed by atoms with Crippen molar-refractivity contribution in [3.8, 4) is 0 Å². The first-order chi connectivity index (χ1) is 0. The average molecular weight is 252 g/mol. The minimum absolute atomic E-state index is 0. The Bertz CT molecular complexity index is 10.8. The number of hydrogen-bond donors (Lipinski definition) is 0. The van der Waals surface area contributed by atoms with E-state index in [4.69, 9.17) is 0 Å². The third-order valence-electron chi connectivity index (χ3n) is 0. The SMILES string of the molecule is [O-2].[O-2].[O-2].[Ti+4].[Zn+2].[Zr+4]. The summed E-state index contributed by atoms with van der Waals surface area (Å²) in [6, 6.07) is 0. The van der Waals surface area contributed by atoms with Crippen molar-refractivity contribution < 1.29 is 83.8 Å². The second-order valence-corrected chi connectivity index (χ2v) is 0. The summed E-state index contributed by atoms with van der Waals surface area (Å²) in [7, 11) is 0. The summed E-state index contributed by atoms with van der Waals surface area (Å²) in [5.74, 6) is 0. The van der Waals surface area contributed by atoms with Gasteiger partial charge in [-0.1, -0.05) is 0 Å². The van der Waals surface area contributed by atoms with E-state index in [-0.39, 0.29) is 83.8 Å². The summed E-state index contributed by atoms with van der Waals surface area (Å²) in [5.41, 5.74) is 0. The van der Waals surface area contributed by atoms with Crippen LogP contribution in [0.25, 0.3) is 0 Å². The molecule has 0 atom stereocenters. The number of rotatable bonds is 0. The molecule has 0 aromatic carbocycles. The van der Waals surface area contributed by atoms with E-state index in [0.717, 1.165) is 0 Å². The maximum absolute atomic E-state index is 0. The summed E-state index contributed by atoms with van der Waals surface area (Å²) in [5, 5.41) is 0. The first-order valence-electron chi connectivity index (χ1n) is 0. The van der Waals surface area contributed by atoms with E-state index in [0.29, 0.717) is 0 Å². The van der Waals surface area contributed by atoms with Gasteiger partial charge in [0.1, 0.15) is 0 Å². The van der Waals surface area contributed by atoms with Gasteiger partial charge in [-0.3, -0.25) is 0 Å². The molecule has 0 aliphatic heterocycles. The topological polar surface area (TPSA) is 85.5 Å². The molecule has 0 amide bonds. The molecule has 0 spiro atoms. The molecule has 0 aromatic heterocycles. The third-order valence-corrected chi connectivity index (χ3v) is 0. The Morgan fingerprint density at radius 1 is 0.667 bits per heavy atom. The van der Waals surface area contributed by atoms with Crippen LogP contribution in [0, 0.1) is 0 Å². The van der Waals surface area contributed by atoms with E-state index in [1.54, 1.807) is 0 Å². The van der Waals surface area contributed by atoms with Crippen LogP contribution in [-0.4, -0.2) is 0 Å². The molecule has 3 nitrogen and oxygen atoms in total. The predicted molar refractivity (Wildman–Crippen MR) is 2.06 cm³/mol. The Kier molecular flexibility index (Phi) is 924. The maximum atomic E-state index is 0. The third kappa shape index (κ3) is 36.0. The molecule has 24 valence electrons. The van der Waals surface area contributed by atoms with Gasteiger partial charge in [-0.25, -0.2) is 0 Å². The predicted octanol–water partition coefficient (Wildman–Crippen LogP) is -0.364. The van der Waals surface area contributed by atoms with Crippen LogP contribution in [-0.2, 0) is 83.8 Å². The molecular formula is O3TiZnZr+4. The molecule has 0 heterocycles. The molecule has 0 N–H and O–H groups in total. The second-order valence-electron chi connectivity index (χ2n) is 0. The Morgan fingerprint density at radius 3 is 0.667 bits per heavy atom. The second kappa shape index (κ2) is 59.9. The van der Waals surface area contributed by atoms with Crippen LogP contribution in [0.4, 0.5) is 0 Å². The Labute approximate surface area is 82.9 Å². The van der Waals surface area contributed by atoms with Crippen LogP contribution in [0.5, 0.6) is 0 Å². The zero-order valence-corrected chi connectivity index (χ0v) is 9.92. The molecule has 0 aromatic rings. The molecule has 6 heteroatoms. The van der Waals surface area contributed by atoms with Crippen LogP contribution in [0.3, 0.4) is 0 Å². The van der Waals surface area contributed by atoms with Gasteiger partial charge in [0.15, 0.2) is 0 Å². The monoisotopic (exact) mass is 250 g/mol. The van der Waals surface area contributed by atoms with Crippen molar-refractivity contribution >= 4 is 0 Å². The number of hydrogen-bond acceptors (Lipinski definition) is 0. The van der Waals surface area contributed by atoms with Gasteiger partial charge in [-0.05, 0) is 0 Å². The molecule has 0 saturated carbocycles. The van der Waals surface area contributed by atoms with E-state index in [1.165, 1.54) is 0 Å². The van der Waals surface area contributed by atoms with Crippen molar-refractivity contribution in [2.75, 3.05) is 0 Å². The summed E-state index contributed by atoms with van der Waals surface area (Å²) in [4.78, 5) is 0. The molecule has 0 aliphatic rings. The van der Waals surface area contributed by atoms with Crippen molar-refractivity contribution in [3.63, 3.8) is 0 Å². The average Bonchev–Trinajstić information content (AvgIpc) is 0. The van der Waals surface area contributed by atoms with Crippen molar-refractivity contribution in [2.45, 2.75) is 0 Å². The van der Waals surface area contributed by atoms with Gasteiger partial charge >= 0.3 is 67.4 Å². The fourth-order valence-corrected chi connectivity index (χ4v) is 0. The van der Waals surface area contributed by atoms with E-state index in [9.17, 15) is 0 Å². The van der Waals surface area contributed by atoms with E-state index in [2.05, 4.69) is 0 Å². The molecule has 0 fully saturated rings. The summed E-state index contributed by atoms with van der Waals surface area (Å²) in [6.45, 7) is 0. The Morgan fingerprint density at radius 2 is 0.667 bits per heavy atom. The minimum Gasteiger partial charge on any atom is -2.00 e. The van der Waals surface area contributed by atoms with Crippen LogP contribution in [0.1, 0.15) is 0 Å². The Balaban J connectivity index is 0. The van der Waals surface area contributed by atoms with E-state index < -0.39 is 0 Å². The smallest absolute Gasteiger partial charge is 2.00 e. The molecule has 0 bridgehead atoms. The summed E-state index contributed by atoms with van der Waals surface area (Å²) < 4.78 is 0. The van der Waals surface area contributed by atoms with Gasteiger partial charge in [0.05, 0.1) is 0 Å². The first-order valence-corrected chi connectivity index (χ1v) is 0. The van der Waals surface area contributed by atoms with Gasteiger partial charge in [0.25, 0.3) is 0 Å². The van der Waals surface area contributed by atoms with Crippen molar-refractivity contribution in [1.29, 1.82) is 0 Å². The van der Waals surface area contributed by atoms with Crippen LogP contribution >= 0.6 is 0 Å². The zero-order chi connectivity index (χ0) is 0. The summed E-state index contributed by atoms with van der Waals surface area (Å²) in [6.07, 6.45) is 0. The van der Waals surface area contributed by atoms with Crippen molar-refractivity contribution in [1.82, 2.24) is 0 Å². The van der Waals surface area contributed by atoms with Gasteiger partial charge < -0.3 is 16.4 Å². The zero-order valence-electron chi connectivity index (χ0n) is 2.93. The van der Waals surface area contributed by atoms with Gasteiger partial charge in [0.2, 0.25) is 0 Å². The molecule has 0 saturated heterocycles. The standard InChI is InChI=1S/3O.Ti.Zn.Zr/q3*-2;+4;+2;+4. The van der Waals surface area contributed by atoms with E-state index in [1.807, 2.05) is 0 Å². The normalized spacial score (nSPS) is 0. The molecule has 0 rings (SSSR count). The largest absolute Gasteiger partial charge is 4.00 e. The van der Waals surface area contributed by atoms with Crippen molar-refractivity contribution in [3.05, 3.63) is 0 Å². The molecular weight excluding hydrogens is 252 g/mol. The molecule has 0 radical (unpaired) electrons. The van der Waals surface area contributed by atoms with Crippen molar-refractivity contribution in [2.24, 2.45) is 0 Å². The molecule has 0 aliphatic carbocycles. The fraction of sp³-hybridized carbons (Fsp3) is 0. The van der Waals surface area contributed by atoms with Gasteiger partial charge in [-0.15, -0.1) is 0 Å². The van der Waals surface area contributed by atoms with Gasteiger partial charge in [-0.2, -0.15) is 0 Å². The van der Waals surface area contributed by atoms with E-state index >= 15 is 0 Å². The minimum atomic E-state index is 0. The van der Waals surface area contributed by atoms with Crippen LogP contribution in [0.2, 0.25) is 0 Å². The quantitative estimate of drug-likeness (QED) is 0.527. The first kappa shape index (κ1) is 92.6. The fourth-order valence-electron chi connectivity index (χ4n) is 0.